The predicted octanol–water partition coefficient (Wildman–Crippen LogP) is 7.86. The van der Waals surface area contributed by atoms with E-state index in [9.17, 15) is 0 Å². The molecule has 0 amide bonds. The van der Waals surface area contributed by atoms with Gasteiger partial charge in [-0.3, -0.25) is 0 Å². The molecule has 0 fully saturated rings. The molecule has 2 aliphatic rings. The quantitative estimate of drug-likeness (QED) is 0.255. The molecule has 0 saturated carbocycles. The molecule has 2 heterocycles. The number of para-hydroxylation sites is 1. The fourth-order valence-electron chi connectivity index (χ4n) is 5.53. The molecule has 178 valence electrons. The van der Waals surface area contributed by atoms with Crippen LogP contribution in [0.4, 0.5) is 0 Å². The summed E-state index contributed by atoms with van der Waals surface area (Å²) in [4.78, 5) is 15.0. The number of fused-ring (bicyclic) bond motifs is 5. The summed E-state index contributed by atoms with van der Waals surface area (Å²) in [5, 5.41) is 1.19. The Balaban J connectivity index is 1.43. The Bertz CT molecular complexity index is 1840. The normalized spacial score (nSPS) is 15.2. The zero-order chi connectivity index (χ0) is 25.1. The van der Waals surface area contributed by atoms with E-state index in [2.05, 4.69) is 71.3 Å². The number of allylic oxidation sites excluding steroid dienone is 3. The summed E-state index contributed by atoms with van der Waals surface area (Å²) in [5.41, 5.74) is 9.14. The maximum absolute atomic E-state index is 5.05. The number of hydrogen-bond acceptors (Lipinski definition) is 3. The van der Waals surface area contributed by atoms with Crippen molar-refractivity contribution in [1.82, 2.24) is 19.5 Å². The molecule has 4 aromatic carbocycles. The molecule has 38 heavy (non-hydrogen) atoms. The monoisotopic (exact) mass is 486 g/mol. The Labute approximate surface area is 220 Å². The van der Waals surface area contributed by atoms with Crippen molar-refractivity contribution in [2.45, 2.75) is 0 Å². The molecule has 4 nitrogen and oxygen atoms in total. The summed E-state index contributed by atoms with van der Waals surface area (Å²) < 4.78 is 2.36. The molecule has 0 N–H and O–H groups in total. The van der Waals surface area contributed by atoms with E-state index in [0.29, 0.717) is 23.4 Å². The van der Waals surface area contributed by atoms with Crippen LogP contribution in [-0.2, 0) is 0 Å². The van der Waals surface area contributed by atoms with Crippen LogP contribution >= 0.6 is 0 Å². The van der Waals surface area contributed by atoms with Crippen molar-refractivity contribution in [2.75, 3.05) is 0 Å². The number of benzene rings is 4. The minimum Gasteiger partial charge on any atom is -0.309 e. The van der Waals surface area contributed by atoms with Crippen molar-refractivity contribution >= 4 is 22.6 Å². The molecule has 0 aliphatic heterocycles. The Kier molecular flexibility index (Phi) is 4.55. The lowest BCUT2D eigenvalue weighted by atomic mass is 9.97. The van der Waals surface area contributed by atoms with Gasteiger partial charge in [0.05, 0.1) is 11.2 Å². The van der Waals surface area contributed by atoms with Gasteiger partial charge in [0.15, 0.2) is 17.5 Å². The topological polar surface area (TPSA) is 43.6 Å². The van der Waals surface area contributed by atoms with Crippen molar-refractivity contribution < 1.29 is 0 Å². The molecule has 2 aromatic heterocycles. The van der Waals surface area contributed by atoms with Gasteiger partial charge in [-0.1, -0.05) is 103 Å². The van der Waals surface area contributed by atoms with Gasteiger partial charge >= 0.3 is 0 Å². The first-order valence-corrected chi connectivity index (χ1v) is 12.9. The van der Waals surface area contributed by atoms with Gasteiger partial charge in [-0.2, -0.15) is 0 Å². The third-order valence-corrected chi connectivity index (χ3v) is 7.34. The van der Waals surface area contributed by atoms with Crippen LogP contribution in [0.15, 0.2) is 121 Å². The van der Waals surface area contributed by atoms with Crippen LogP contribution in [0.1, 0.15) is 11.3 Å². The van der Waals surface area contributed by atoms with E-state index in [1.165, 1.54) is 22.2 Å². The van der Waals surface area contributed by atoms with E-state index in [-0.39, 0.29) is 0 Å². The minimum absolute atomic E-state index is 0.420. The molecule has 0 spiro atoms. The highest BCUT2D eigenvalue weighted by atomic mass is 15.0. The van der Waals surface area contributed by atoms with E-state index >= 15 is 0 Å². The second-order valence-electron chi connectivity index (χ2n) is 9.68. The van der Waals surface area contributed by atoms with E-state index in [4.69, 9.17) is 15.0 Å². The number of aromatic nitrogens is 4. The van der Waals surface area contributed by atoms with Crippen molar-refractivity contribution in [3.8, 4) is 39.9 Å². The van der Waals surface area contributed by atoms with Gasteiger partial charge in [0.1, 0.15) is 0 Å². The average Bonchev–Trinajstić information content (AvgIpc) is 3.71. The SMILES string of the molecule is C1=CC2C=C2c2c1n(-c1ccccc1)c1cccc(-c3nc(-c4ccccc4)nc(-c4ccccc4)n3)c21. The Hall–Kier alpha value is -5.09. The maximum Gasteiger partial charge on any atom is 0.164 e. The molecule has 6 aromatic rings. The van der Waals surface area contributed by atoms with Gasteiger partial charge in [-0.15, -0.1) is 0 Å². The summed E-state index contributed by atoms with van der Waals surface area (Å²) >= 11 is 0. The highest BCUT2D eigenvalue weighted by Gasteiger charge is 2.34. The summed E-state index contributed by atoms with van der Waals surface area (Å²) in [6.07, 6.45) is 6.90. The molecule has 1 atom stereocenters. The van der Waals surface area contributed by atoms with Gasteiger partial charge in [0, 0.05) is 39.2 Å². The van der Waals surface area contributed by atoms with Crippen LogP contribution in [0.3, 0.4) is 0 Å². The lowest BCUT2D eigenvalue weighted by Crippen LogP contribution is -2.00. The van der Waals surface area contributed by atoms with E-state index in [1.54, 1.807) is 0 Å². The molecular formula is C34H22N4. The minimum atomic E-state index is 0.420. The molecule has 0 saturated heterocycles. The van der Waals surface area contributed by atoms with Gasteiger partial charge in [0.2, 0.25) is 0 Å². The van der Waals surface area contributed by atoms with Gasteiger partial charge in [-0.25, -0.2) is 15.0 Å². The summed E-state index contributed by atoms with van der Waals surface area (Å²) in [7, 11) is 0. The molecule has 2 aliphatic carbocycles. The van der Waals surface area contributed by atoms with E-state index < -0.39 is 0 Å². The number of rotatable bonds is 4. The second-order valence-corrected chi connectivity index (χ2v) is 9.68. The van der Waals surface area contributed by atoms with Gasteiger partial charge in [0.25, 0.3) is 0 Å². The standard InChI is InChI=1S/C34H22N4/c1-4-11-22(12-5-1)32-35-33(23-13-6-2-7-14-23)37-34(36-32)26-17-10-18-28-30(26)31-27-21-24(27)19-20-29(31)38(28)25-15-8-3-9-16-25/h1-21,24H. The van der Waals surface area contributed by atoms with Crippen LogP contribution in [-0.4, -0.2) is 19.5 Å². The van der Waals surface area contributed by atoms with Crippen LogP contribution in [0, 0.1) is 5.92 Å². The van der Waals surface area contributed by atoms with Crippen LogP contribution in [0.2, 0.25) is 0 Å². The third-order valence-electron chi connectivity index (χ3n) is 7.34. The average molecular weight is 487 g/mol. The highest BCUT2D eigenvalue weighted by Crippen LogP contribution is 2.51. The molecule has 0 radical (unpaired) electrons. The van der Waals surface area contributed by atoms with Crippen LogP contribution < -0.4 is 0 Å². The first-order chi connectivity index (χ1) is 18.8. The zero-order valence-electron chi connectivity index (χ0n) is 20.5. The maximum atomic E-state index is 5.05. The van der Waals surface area contributed by atoms with Crippen molar-refractivity contribution in [3.05, 3.63) is 133 Å². The molecule has 8 rings (SSSR count). The lowest BCUT2D eigenvalue weighted by molar-refractivity contribution is 1.08. The van der Waals surface area contributed by atoms with Crippen molar-refractivity contribution in [1.29, 1.82) is 0 Å². The summed E-state index contributed by atoms with van der Waals surface area (Å²) in [6, 6.07) is 37.3. The van der Waals surface area contributed by atoms with Crippen molar-refractivity contribution in [3.63, 3.8) is 0 Å². The highest BCUT2D eigenvalue weighted by molar-refractivity contribution is 6.10. The van der Waals surface area contributed by atoms with Gasteiger partial charge < -0.3 is 4.57 Å². The summed E-state index contributed by atoms with van der Waals surface area (Å²) in [6.45, 7) is 0. The Morgan fingerprint density at radius 3 is 1.84 bits per heavy atom. The first-order valence-electron chi connectivity index (χ1n) is 12.9. The fourth-order valence-corrected chi connectivity index (χ4v) is 5.53. The zero-order valence-corrected chi connectivity index (χ0v) is 20.5. The molecular weight excluding hydrogens is 464 g/mol. The predicted molar refractivity (Wildman–Crippen MR) is 153 cm³/mol. The second kappa shape index (κ2) is 8.22. The number of nitrogens with zero attached hydrogens (tertiary/aromatic N) is 4. The van der Waals surface area contributed by atoms with E-state index in [0.717, 1.165) is 27.9 Å². The lowest BCUT2D eigenvalue weighted by Gasteiger charge is -2.11. The molecule has 0 bridgehead atoms. The number of hydrogen-bond donors (Lipinski definition) is 0. The molecule has 1 unspecified atom stereocenters. The van der Waals surface area contributed by atoms with E-state index in [1.807, 2.05) is 60.7 Å². The Morgan fingerprint density at radius 2 is 1.18 bits per heavy atom. The largest absolute Gasteiger partial charge is 0.309 e. The van der Waals surface area contributed by atoms with Crippen molar-refractivity contribution in [2.24, 2.45) is 5.92 Å². The Morgan fingerprint density at radius 1 is 0.579 bits per heavy atom. The smallest absolute Gasteiger partial charge is 0.164 e. The fraction of sp³-hybridized carbons (Fsp3) is 0.0294. The van der Waals surface area contributed by atoms with Crippen LogP contribution in [0.25, 0.3) is 62.4 Å². The van der Waals surface area contributed by atoms with Crippen LogP contribution in [0.5, 0.6) is 0 Å². The summed E-state index contributed by atoms with van der Waals surface area (Å²) in [5.74, 6) is 2.45. The first kappa shape index (κ1) is 21.0. The third kappa shape index (κ3) is 3.27. The molecule has 4 heteroatoms. The van der Waals surface area contributed by atoms with Gasteiger partial charge in [-0.05, 0) is 29.8 Å².